The van der Waals surface area contributed by atoms with Crippen LogP contribution in [0.25, 0.3) is 11.0 Å². The number of amides is 1. The highest BCUT2D eigenvalue weighted by Crippen LogP contribution is 2.34. The molecule has 2 aliphatic rings. The van der Waals surface area contributed by atoms with Gasteiger partial charge in [0.15, 0.2) is 6.61 Å². The summed E-state index contributed by atoms with van der Waals surface area (Å²) in [6.07, 6.45) is 7.08. The van der Waals surface area contributed by atoms with E-state index >= 15 is 0 Å². The van der Waals surface area contributed by atoms with Crippen LogP contribution in [0.3, 0.4) is 0 Å². The summed E-state index contributed by atoms with van der Waals surface area (Å²) >= 11 is 0. The molecule has 2 aliphatic carbocycles. The smallest absolute Gasteiger partial charge is 0.339 e. The molecule has 1 aromatic carbocycles. The average molecular weight is 398 g/mol. The molecule has 5 heteroatoms. The number of rotatable bonds is 4. The third kappa shape index (κ3) is 4.05. The molecular formula is C24H31NO4. The van der Waals surface area contributed by atoms with Crippen molar-refractivity contribution in [3.05, 3.63) is 39.2 Å². The SMILES string of the molecule is Cc1cc(OCC(=O)NC2CCCC(C)C2C)c2c3c(c(=O)oc2c1)CCCC3. The Morgan fingerprint density at radius 3 is 2.69 bits per heavy atom. The fourth-order valence-electron chi connectivity index (χ4n) is 4.96. The zero-order chi connectivity index (χ0) is 20.5. The van der Waals surface area contributed by atoms with Crippen molar-refractivity contribution < 1.29 is 13.9 Å². The minimum absolute atomic E-state index is 0.0238. The predicted molar refractivity (Wildman–Crippen MR) is 113 cm³/mol. The first-order valence-corrected chi connectivity index (χ1v) is 11.0. The van der Waals surface area contributed by atoms with E-state index in [1.165, 1.54) is 6.42 Å². The van der Waals surface area contributed by atoms with Gasteiger partial charge < -0.3 is 14.5 Å². The Bertz CT molecular complexity index is 977. The molecule has 1 fully saturated rings. The van der Waals surface area contributed by atoms with E-state index in [0.717, 1.165) is 60.6 Å². The summed E-state index contributed by atoms with van der Waals surface area (Å²) in [5, 5.41) is 4.02. The van der Waals surface area contributed by atoms with Crippen LogP contribution < -0.4 is 15.7 Å². The van der Waals surface area contributed by atoms with Crippen LogP contribution in [0.2, 0.25) is 0 Å². The van der Waals surface area contributed by atoms with Crippen LogP contribution in [-0.2, 0) is 17.6 Å². The van der Waals surface area contributed by atoms with Gasteiger partial charge in [0.25, 0.3) is 5.91 Å². The molecule has 1 aromatic heterocycles. The molecule has 2 aromatic rings. The Labute approximate surface area is 171 Å². The zero-order valence-electron chi connectivity index (χ0n) is 17.7. The van der Waals surface area contributed by atoms with Gasteiger partial charge in [0.05, 0.1) is 5.39 Å². The van der Waals surface area contributed by atoms with Gasteiger partial charge in [-0.2, -0.15) is 0 Å². The maximum absolute atomic E-state index is 12.6. The van der Waals surface area contributed by atoms with E-state index < -0.39 is 0 Å². The Morgan fingerprint density at radius 2 is 1.90 bits per heavy atom. The van der Waals surface area contributed by atoms with Gasteiger partial charge in [0.1, 0.15) is 11.3 Å². The second-order valence-electron chi connectivity index (χ2n) is 8.92. The summed E-state index contributed by atoms with van der Waals surface area (Å²) in [5.41, 5.74) is 3.07. The number of benzene rings is 1. The van der Waals surface area contributed by atoms with Crippen molar-refractivity contribution in [1.82, 2.24) is 5.32 Å². The largest absolute Gasteiger partial charge is 0.483 e. The second kappa shape index (κ2) is 8.21. The van der Waals surface area contributed by atoms with Gasteiger partial charge in [-0.1, -0.05) is 26.7 Å². The topological polar surface area (TPSA) is 68.5 Å². The van der Waals surface area contributed by atoms with E-state index in [9.17, 15) is 9.59 Å². The lowest BCUT2D eigenvalue weighted by molar-refractivity contribution is -0.124. The summed E-state index contributed by atoms with van der Waals surface area (Å²) in [4.78, 5) is 25.0. The van der Waals surface area contributed by atoms with Crippen molar-refractivity contribution >= 4 is 16.9 Å². The van der Waals surface area contributed by atoms with Crippen molar-refractivity contribution in [3.8, 4) is 5.75 Å². The van der Waals surface area contributed by atoms with Crippen molar-refractivity contribution in [2.24, 2.45) is 11.8 Å². The van der Waals surface area contributed by atoms with Crippen LogP contribution in [-0.4, -0.2) is 18.6 Å². The van der Waals surface area contributed by atoms with Crippen LogP contribution in [0.4, 0.5) is 0 Å². The van der Waals surface area contributed by atoms with Crippen molar-refractivity contribution in [2.75, 3.05) is 6.61 Å². The molecule has 156 valence electrons. The number of nitrogens with one attached hydrogen (secondary N) is 1. The standard InChI is InChI=1S/C24H31NO4/c1-14-11-20(28-13-22(26)25-19-10-6-7-15(2)16(19)3)23-17-8-4-5-9-18(17)24(27)29-21(23)12-14/h11-12,15-16,19H,4-10,13H2,1-3H3,(H,25,26). The summed E-state index contributed by atoms with van der Waals surface area (Å²) < 4.78 is 11.6. The number of carbonyl (C=O) groups is 1. The Balaban J connectivity index is 1.56. The summed E-state index contributed by atoms with van der Waals surface area (Å²) in [6, 6.07) is 4.04. The fourth-order valence-corrected chi connectivity index (χ4v) is 4.96. The summed E-state index contributed by atoms with van der Waals surface area (Å²) in [6.45, 7) is 6.40. The van der Waals surface area contributed by atoms with Gasteiger partial charge in [-0.3, -0.25) is 4.79 Å². The van der Waals surface area contributed by atoms with Crippen LogP contribution in [0.15, 0.2) is 21.3 Å². The highest BCUT2D eigenvalue weighted by molar-refractivity contribution is 5.89. The molecule has 1 saturated carbocycles. The fraction of sp³-hybridized carbons (Fsp3) is 0.583. The first-order chi connectivity index (χ1) is 13.9. The molecule has 1 heterocycles. The lowest BCUT2D eigenvalue weighted by Crippen LogP contribution is -2.45. The summed E-state index contributed by atoms with van der Waals surface area (Å²) in [7, 11) is 0. The number of hydrogen-bond donors (Lipinski definition) is 1. The van der Waals surface area contributed by atoms with E-state index in [1.807, 2.05) is 19.1 Å². The predicted octanol–water partition coefficient (Wildman–Crippen LogP) is 4.30. The average Bonchev–Trinajstić information content (AvgIpc) is 2.69. The first-order valence-electron chi connectivity index (χ1n) is 11.0. The zero-order valence-corrected chi connectivity index (χ0v) is 17.7. The van der Waals surface area contributed by atoms with E-state index in [1.54, 1.807) is 0 Å². The van der Waals surface area contributed by atoms with Crippen LogP contribution in [0.1, 0.15) is 62.6 Å². The maximum atomic E-state index is 12.6. The van der Waals surface area contributed by atoms with E-state index in [2.05, 4.69) is 19.2 Å². The third-order valence-electron chi connectivity index (χ3n) is 6.84. The molecule has 0 radical (unpaired) electrons. The maximum Gasteiger partial charge on any atom is 0.339 e. The van der Waals surface area contributed by atoms with Gasteiger partial charge in [0.2, 0.25) is 0 Å². The highest BCUT2D eigenvalue weighted by atomic mass is 16.5. The number of hydrogen-bond acceptors (Lipinski definition) is 4. The molecule has 0 saturated heterocycles. The quantitative estimate of drug-likeness (QED) is 0.781. The van der Waals surface area contributed by atoms with Gasteiger partial charge >= 0.3 is 5.63 Å². The second-order valence-corrected chi connectivity index (χ2v) is 8.92. The van der Waals surface area contributed by atoms with Gasteiger partial charge in [-0.15, -0.1) is 0 Å². The van der Waals surface area contributed by atoms with Crippen molar-refractivity contribution in [1.29, 1.82) is 0 Å². The number of ether oxygens (including phenoxy) is 1. The lowest BCUT2D eigenvalue weighted by atomic mass is 9.78. The molecule has 5 nitrogen and oxygen atoms in total. The molecular weight excluding hydrogens is 366 g/mol. The van der Waals surface area contributed by atoms with Crippen LogP contribution in [0.5, 0.6) is 5.75 Å². The molecule has 0 bridgehead atoms. The van der Waals surface area contributed by atoms with Crippen LogP contribution in [0, 0.1) is 18.8 Å². The molecule has 29 heavy (non-hydrogen) atoms. The molecule has 1 amide bonds. The number of aryl methyl sites for hydroxylation is 2. The Kier molecular flexibility index (Phi) is 5.66. The molecule has 0 spiro atoms. The van der Waals surface area contributed by atoms with Gasteiger partial charge in [0, 0.05) is 11.6 Å². The highest BCUT2D eigenvalue weighted by Gasteiger charge is 2.28. The Morgan fingerprint density at radius 1 is 1.14 bits per heavy atom. The van der Waals surface area contributed by atoms with Gasteiger partial charge in [-0.25, -0.2) is 4.79 Å². The molecule has 3 unspecified atom stereocenters. The number of fused-ring (bicyclic) bond motifs is 3. The van der Waals surface area contributed by atoms with E-state index in [4.69, 9.17) is 9.15 Å². The molecule has 4 rings (SSSR count). The lowest BCUT2D eigenvalue weighted by Gasteiger charge is -2.34. The Hall–Kier alpha value is -2.30. The van der Waals surface area contributed by atoms with Crippen LogP contribution >= 0.6 is 0 Å². The molecule has 0 aliphatic heterocycles. The minimum atomic E-state index is -0.234. The third-order valence-corrected chi connectivity index (χ3v) is 6.84. The molecule has 1 N–H and O–H groups in total. The van der Waals surface area contributed by atoms with Crippen molar-refractivity contribution in [2.45, 2.75) is 71.8 Å². The van der Waals surface area contributed by atoms with Crippen molar-refractivity contribution in [3.63, 3.8) is 0 Å². The van der Waals surface area contributed by atoms with Gasteiger partial charge in [-0.05, 0) is 74.1 Å². The first kappa shape index (κ1) is 20.0. The number of carbonyl (C=O) groups excluding carboxylic acids is 1. The monoisotopic (exact) mass is 397 g/mol. The summed E-state index contributed by atoms with van der Waals surface area (Å²) in [5.74, 6) is 1.66. The van der Waals surface area contributed by atoms with E-state index in [0.29, 0.717) is 23.2 Å². The normalized spacial score (nSPS) is 24.2. The van der Waals surface area contributed by atoms with E-state index in [-0.39, 0.29) is 24.2 Å². The molecule has 3 atom stereocenters. The minimum Gasteiger partial charge on any atom is -0.483 e.